The van der Waals surface area contributed by atoms with E-state index in [-0.39, 0.29) is 26.5 Å². The van der Waals surface area contributed by atoms with Crippen LogP contribution in [-0.4, -0.2) is 26.8 Å². The number of hydrogen-bond donors (Lipinski definition) is 3. The minimum absolute atomic E-state index is 0. The summed E-state index contributed by atoms with van der Waals surface area (Å²) in [7, 11) is 4.07. The zero-order valence-corrected chi connectivity index (χ0v) is 16.4. The zero-order chi connectivity index (χ0) is 12.2. The van der Waals surface area contributed by atoms with Gasteiger partial charge in [-0.25, -0.2) is 0 Å². The van der Waals surface area contributed by atoms with Crippen LogP contribution in [0.5, 0.6) is 0 Å². The Hall–Kier alpha value is 2.27. The van der Waals surface area contributed by atoms with Crippen molar-refractivity contribution >= 4 is 51.3 Å². The first-order valence-corrected chi connectivity index (χ1v) is 11.3. The van der Waals surface area contributed by atoms with Gasteiger partial charge in [-0.1, -0.05) is 60.5 Å². The van der Waals surface area contributed by atoms with Crippen LogP contribution in [0.15, 0.2) is 0 Å². The van der Waals surface area contributed by atoms with E-state index < -0.39 is 5.69 Å². The Morgan fingerprint density at radius 2 is 1.29 bits per heavy atom. The number of thiol groups is 1. The van der Waals surface area contributed by atoms with Crippen molar-refractivity contribution in [3.63, 3.8) is 0 Å². The van der Waals surface area contributed by atoms with Crippen LogP contribution < -0.4 is 0 Å². The van der Waals surface area contributed by atoms with Crippen molar-refractivity contribution in [3.05, 3.63) is 0 Å². The van der Waals surface area contributed by atoms with Crippen LogP contribution in [0.3, 0.4) is 0 Å². The number of rotatable bonds is 7. The van der Waals surface area contributed by atoms with Crippen molar-refractivity contribution in [1.29, 1.82) is 0 Å². The predicted molar refractivity (Wildman–Crippen MR) is 86.1 cm³/mol. The molecule has 0 unspecified atom stereocenters. The van der Waals surface area contributed by atoms with Crippen LogP contribution in [0.4, 0.5) is 0 Å². The summed E-state index contributed by atoms with van der Waals surface area (Å²) in [6, 6.07) is 0. The second kappa shape index (κ2) is 20.6. The molecule has 0 aliphatic carbocycles. The topological polar surface area (TPSA) is 72.0 Å². The standard InChI is InChI=1S/C8H18S2.Mo.H3O2PS2.H2O/c1-3-5-7-9-10-8-6-4-2;;1-3(2,4)5;/h3-8H2,1-2H3;;(H3,1,2,4,5);1H2. The van der Waals surface area contributed by atoms with Crippen molar-refractivity contribution in [3.8, 4) is 0 Å². The van der Waals surface area contributed by atoms with Gasteiger partial charge >= 0.3 is 0 Å². The molecule has 4 N–H and O–H groups in total. The Morgan fingerprint density at radius 1 is 1.06 bits per heavy atom. The van der Waals surface area contributed by atoms with E-state index in [1.165, 1.54) is 37.2 Å². The molecule has 0 rings (SSSR count). The molecule has 0 aliphatic heterocycles. The number of hydrogen-bond acceptors (Lipinski definition) is 3. The fourth-order valence-corrected chi connectivity index (χ4v) is 2.99. The maximum Gasteiger partial charge on any atom is 0.239 e. The first-order chi connectivity index (χ1) is 6.91. The Kier molecular flexibility index (Phi) is 33.4. The van der Waals surface area contributed by atoms with Crippen LogP contribution in [0, 0.1) is 0 Å². The van der Waals surface area contributed by atoms with Crippen molar-refractivity contribution in [2.75, 3.05) is 11.5 Å². The third-order valence-electron chi connectivity index (χ3n) is 1.25. The molecule has 17 heavy (non-hydrogen) atoms. The second-order valence-electron chi connectivity index (χ2n) is 2.86. The first-order valence-electron chi connectivity index (χ1n) is 4.94. The van der Waals surface area contributed by atoms with Crippen molar-refractivity contribution in [2.24, 2.45) is 0 Å². The molecule has 0 saturated carbocycles. The van der Waals surface area contributed by atoms with E-state index in [2.05, 4.69) is 37.9 Å². The van der Waals surface area contributed by atoms with E-state index in [1.54, 1.807) is 0 Å². The summed E-state index contributed by atoms with van der Waals surface area (Å²) in [5.41, 5.74) is -3.11. The molecular formula is C8H23MoO3PS4. The monoisotopic (exact) mass is 424 g/mol. The Labute approximate surface area is 138 Å². The molecular weight excluding hydrogens is 399 g/mol. The minimum atomic E-state index is -3.11. The van der Waals surface area contributed by atoms with E-state index in [0.717, 1.165) is 0 Å². The fraction of sp³-hybridized carbons (Fsp3) is 1.00. The van der Waals surface area contributed by atoms with Gasteiger partial charge in [-0.3, -0.25) is 0 Å². The SMILES string of the molecule is CCCCSSCCCC.O.OP(O)(=S)S.[Mo]. The summed E-state index contributed by atoms with van der Waals surface area (Å²) in [5, 5.41) is 0. The average Bonchev–Trinajstić information content (AvgIpc) is 2.08. The summed E-state index contributed by atoms with van der Waals surface area (Å²) >= 11 is 7.07. The van der Waals surface area contributed by atoms with Gasteiger partial charge in [0.2, 0.25) is 5.69 Å². The van der Waals surface area contributed by atoms with Gasteiger partial charge in [0.1, 0.15) is 0 Å². The third-order valence-corrected chi connectivity index (χ3v) is 3.82. The molecule has 0 aromatic rings. The predicted octanol–water partition coefficient (Wildman–Crippen LogP) is 3.27. The van der Waals surface area contributed by atoms with Crippen molar-refractivity contribution in [1.82, 2.24) is 0 Å². The summed E-state index contributed by atoms with van der Waals surface area (Å²) in [4.78, 5) is 15.7. The molecule has 3 nitrogen and oxygen atoms in total. The largest absolute Gasteiger partial charge is 0.412 e. The van der Waals surface area contributed by atoms with Gasteiger partial charge in [-0.05, 0) is 24.6 Å². The molecule has 9 heteroatoms. The van der Waals surface area contributed by atoms with Gasteiger partial charge in [-0.15, -0.1) is 0 Å². The molecule has 108 valence electrons. The Bertz CT molecular complexity index is 155. The van der Waals surface area contributed by atoms with Crippen LogP contribution in [0.2, 0.25) is 0 Å². The molecule has 0 atom stereocenters. The summed E-state index contributed by atoms with van der Waals surface area (Å²) in [6.45, 7) is 4.49. The third kappa shape index (κ3) is 56.3. The van der Waals surface area contributed by atoms with E-state index in [4.69, 9.17) is 9.79 Å². The molecule has 0 aliphatic rings. The smallest absolute Gasteiger partial charge is 0.239 e. The normalized spacial score (nSPS) is 9.47. The van der Waals surface area contributed by atoms with E-state index >= 15 is 0 Å². The van der Waals surface area contributed by atoms with Crippen LogP contribution >= 0.6 is 39.5 Å². The first kappa shape index (κ1) is 27.6. The zero-order valence-electron chi connectivity index (χ0n) is 10.2. The van der Waals surface area contributed by atoms with Crippen LogP contribution in [0.1, 0.15) is 39.5 Å². The van der Waals surface area contributed by atoms with Gasteiger partial charge in [0.25, 0.3) is 0 Å². The molecule has 0 spiro atoms. The van der Waals surface area contributed by atoms with Crippen molar-refractivity contribution < 1.29 is 36.3 Å². The molecule has 0 bridgehead atoms. The van der Waals surface area contributed by atoms with E-state index in [1.807, 2.05) is 21.6 Å². The molecule has 0 radical (unpaired) electrons. The van der Waals surface area contributed by atoms with Crippen LogP contribution in [0.25, 0.3) is 0 Å². The molecule has 0 amide bonds. The van der Waals surface area contributed by atoms with Gasteiger partial charge in [0, 0.05) is 32.6 Å². The van der Waals surface area contributed by atoms with Gasteiger partial charge < -0.3 is 15.3 Å². The second-order valence-corrected chi connectivity index (χ2v) is 10.6. The average molecular weight is 422 g/mol. The summed E-state index contributed by atoms with van der Waals surface area (Å²) < 4.78 is 0. The van der Waals surface area contributed by atoms with E-state index in [9.17, 15) is 0 Å². The Morgan fingerprint density at radius 3 is 1.47 bits per heavy atom. The minimum Gasteiger partial charge on any atom is -0.412 e. The summed E-state index contributed by atoms with van der Waals surface area (Å²) in [6.07, 6.45) is 5.43. The van der Waals surface area contributed by atoms with Crippen molar-refractivity contribution in [2.45, 2.75) is 39.5 Å². The van der Waals surface area contributed by atoms with Gasteiger partial charge in [0.05, 0.1) is 0 Å². The maximum absolute atomic E-state index is 7.87. The molecule has 0 aromatic carbocycles. The fourth-order valence-electron chi connectivity index (χ4n) is 0.524. The van der Waals surface area contributed by atoms with Gasteiger partial charge in [-0.2, -0.15) is 0 Å². The molecule has 0 fully saturated rings. The van der Waals surface area contributed by atoms with E-state index in [0.29, 0.717) is 0 Å². The maximum atomic E-state index is 7.87. The molecule has 0 heterocycles. The summed E-state index contributed by atoms with van der Waals surface area (Å²) in [5.74, 6) is 2.68. The van der Waals surface area contributed by atoms with Crippen LogP contribution in [-0.2, 0) is 32.9 Å². The molecule has 0 aromatic heterocycles. The molecule has 0 saturated heterocycles. The Balaban J connectivity index is -0.000000105. The van der Waals surface area contributed by atoms with Gasteiger partial charge in [0.15, 0.2) is 0 Å². The quantitative estimate of drug-likeness (QED) is 0.193. The number of unbranched alkanes of at least 4 members (excludes halogenated alkanes) is 2.